The second kappa shape index (κ2) is 9.22. The molecule has 0 aliphatic rings. The Labute approximate surface area is 186 Å². The van der Waals surface area contributed by atoms with E-state index in [9.17, 15) is 9.18 Å². The highest BCUT2D eigenvalue weighted by Crippen LogP contribution is 2.35. The molecule has 0 unspecified atom stereocenters. The van der Waals surface area contributed by atoms with Crippen molar-refractivity contribution in [2.45, 2.75) is 26.4 Å². The Bertz CT molecular complexity index is 1250. The molecule has 4 rings (SSSR count). The predicted octanol–water partition coefficient (Wildman–Crippen LogP) is 5.14. The van der Waals surface area contributed by atoms with Gasteiger partial charge in [0.25, 0.3) is 5.91 Å². The molecule has 3 aromatic carbocycles. The van der Waals surface area contributed by atoms with Gasteiger partial charge in [0.05, 0.1) is 12.4 Å². The lowest BCUT2D eigenvalue weighted by molar-refractivity contribution is 0.0954. The number of aromatic nitrogens is 2. The Morgan fingerprint density at radius 1 is 1.09 bits per heavy atom. The molecule has 32 heavy (non-hydrogen) atoms. The monoisotopic (exact) mass is 431 g/mol. The summed E-state index contributed by atoms with van der Waals surface area (Å²) >= 11 is 0. The number of amides is 1. The van der Waals surface area contributed by atoms with Crippen molar-refractivity contribution in [1.29, 1.82) is 0 Å². The molecule has 4 aromatic rings. The lowest BCUT2D eigenvalue weighted by Gasteiger charge is -2.16. The van der Waals surface area contributed by atoms with Crippen molar-refractivity contribution in [3.8, 4) is 16.9 Å². The molecule has 6 heteroatoms. The largest absolute Gasteiger partial charge is 0.490 e. The first-order valence-electron chi connectivity index (χ1n) is 10.6. The maximum atomic E-state index is 13.4. The number of benzene rings is 3. The van der Waals surface area contributed by atoms with Gasteiger partial charge in [-0.3, -0.25) is 4.79 Å². The summed E-state index contributed by atoms with van der Waals surface area (Å²) in [6.45, 7) is 4.47. The van der Waals surface area contributed by atoms with E-state index >= 15 is 0 Å². The highest BCUT2D eigenvalue weighted by Gasteiger charge is 2.13. The Kier molecular flexibility index (Phi) is 6.21. The first-order chi connectivity index (χ1) is 15.4. The summed E-state index contributed by atoms with van der Waals surface area (Å²) in [7, 11) is 1.93. The van der Waals surface area contributed by atoms with Crippen molar-refractivity contribution in [3.05, 3.63) is 84.2 Å². The van der Waals surface area contributed by atoms with Gasteiger partial charge in [-0.15, -0.1) is 0 Å². The molecule has 1 amide bonds. The van der Waals surface area contributed by atoms with Crippen molar-refractivity contribution < 1.29 is 13.9 Å². The number of hydrogen-bond donors (Lipinski definition) is 1. The van der Waals surface area contributed by atoms with E-state index in [1.165, 1.54) is 12.1 Å². The van der Waals surface area contributed by atoms with E-state index in [0.717, 1.165) is 33.3 Å². The summed E-state index contributed by atoms with van der Waals surface area (Å²) in [6.07, 6.45) is 4.25. The number of fused-ring (bicyclic) bond motifs is 1. The molecule has 0 saturated heterocycles. The molecule has 0 saturated carbocycles. The van der Waals surface area contributed by atoms with Crippen LogP contribution in [0.1, 0.15) is 29.9 Å². The fraction of sp³-hybridized carbons (Fsp3) is 0.231. The third-order valence-electron chi connectivity index (χ3n) is 5.30. The highest BCUT2D eigenvalue weighted by atomic mass is 19.1. The fourth-order valence-corrected chi connectivity index (χ4v) is 3.66. The number of imidazole rings is 1. The average molecular weight is 432 g/mol. The van der Waals surface area contributed by atoms with Crippen LogP contribution in [-0.4, -0.2) is 28.1 Å². The van der Waals surface area contributed by atoms with Gasteiger partial charge in [0.1, 0.15) is 11.6 Å². The Morgan fingerprint density at radius 2 is 1.88 bits per heavy atom. The fourth-order valence-electron chi connectivity index (χ4n) is 3.66. The van der Waals surface area contributed by atoms with Crippen LogP contribution in [0.25, 0.3) is 21.9 Å². The number of nitrogens with zero attached hydrogens (tertiary/aromatic N) is 2. The number of halogens is 1. The molecule has 0 bridgehead atoms. The van der Waals surface area contributed by atoms with Gasteiger partial charge < -0.3 is 14.6 Å². The van der Waals surface area contributed by atoms with E-state index in [0.29, 0.717) is 18.5 Å². The first kappa shape index (κ1) is 21.6. The van der Waals surface area contributed by atoms with E-state index in [-0.39, 0.29) is 17.8 Å². The summed E-state index contributed by atoms with van der Waals surface area (Å²) in [6, 6.07) is 15.9. The second-order valence-corrected chi connectivity index (χ2v) is 8.09. The summed E-state index contributed by atoms with van der Waals surface area (Å²) < 4.78 is 21.4. The standard InChI is InChI=1S/C26H26FN3O2/c1-17(2)32-25-14-19-4-5-20(26(31)29-11-10-23-15-28-16-30(23)3)12-21(19)13-24(25)18-6-8-22(27)9-7-18/h4-9,12-17H,10-11H2,1-3H3,(H,29,31). The number of nitrogens with one attached hydrogen (secondary N) is 1. The van der Waals surface area contributed by atoms with E-state index in [2.05, 4.69) is 10.3 Å². The van der Waals surface area contributed by atoms with Crippen molar-refractivity contribution in [2.75, 3.05) is 6.54 Å². The molecule has 164 valence electrons. The van der Waals surface area contributed by atoms with Crippen molar-refractivity contribution in [3.63, 3.8) is 0 Å². The minimum atomic E-state index is -0.286. The zero-order valence-corrected chi connectivity index (χ0v) is 18.4. The maximum Gasteiger partial charge on any atom is 0.251 e. The lowest BCUT2D eigenvalue weighted by Crippen LogP contribution is -2.26. The Morgan fingerprint density at radius 3 is 2.56 bits per heavy atom. The number of hydrogen-bond acceptors (Lipinski definition) is 3. The first-order valence-corrected chi connectivity index (χ1v) is 10.6. The molecule has 1 heterocycles. The average Bonchev–Trinajstić information content (AvgIpc) is 3.18. The zero-order valence-electron chi connectivity index (χ0n) is 18.4. The van der Waals surface area contributed by atoms with E-state index in [4.69, 9.17) is 4.74 Å². The van der Waals surface area contributed by atoms with Crippen molar-refractivity contribution in [2.24, 2.45) is 7.05 Å². The van der Waals surface area contributed by atoms with E-state index in [1.807, 2.05) is 55.8 Å². The lowest BCUT2D eigenvalue weighted by atomic mass is 9.98. The van der Waals surface area contributed by atoms with Gasteiger partial charge in [0, 0.05) is 43.0 Å². The summed E-state index contributed by atoms with van der Waals surface area (Å²) in [5.74, 6) is 0.318. The van der Waals surface area contributed by atoms with Crippen LogP contribution in [0.3, 0.4) is 0 Å². The molecule has 0 spiro atoms. The smallest absolute Gasteiger partial charge is 0.251 e. The van der Waals surface area contributed by atoms with Crippen LogP contribution < -0.4 is 10.1 Å². The molecule has 0 aliphatic heterocycles. The third-order valence-corrected chi connectivity index (χ3v) is 5.30. The van der Waals surface area contributed by atoms with Crippen LogP contribution >= 0.6 is 0 Å². The van der Waals surface area contributed by atoms with Crippen LogP contribution in [0.5, 0.6) is 5.75 Å². The van der Waals surface area contributed by atoms with Gasteiger partial charge in [-0.25, -0.2) is 9.37 Å². The zero-order chi connectivity index (χ0) is 22.7. The predicted molar refractivity (Wildman–Crippen MR) is 124 cm³/mol. The Hall–Kier alpha value is -3.67. The normalized spacial score (nSPS) is 11.2. The van der Waals surface area contributed by atoms with Gasteiger partial charge in [-0.1, -0.05) is 18.2 Å². The van der Waals surface area contributed by atoms with Gasteiger partial charge in [0.15, 0.2) is 0 Å². The van der Waals surface area contributed by atoms with Crippen LogP contribution in [0.15, 0.2) is 67.1 Å². The maximum absolute atomic E-state index is 13.4. The molecule has 0 radical (unpaired) electrons. The molecule has 0 aliphatic carbocycles. The summed E-state index contributed by atoms with van der Waals surface area (Å²) in [5.41, 5.74) is 3.37. The van der Waals surface area contributed by atoms with Gasteiger partial charge in [0.2, 0.25) is 0 Å². The molecule has 1 N–H and O–H groups in total. The second-order valence-electron chi connectivity index (χ2n) is 8.09. The van der Waals surface area contributed by atoms with Gasteiger partial charge >= 0.3 is 0 Å². The van der Waals surface area contributed by atoms with Crippen LogP contribution in [0.2, 0.25) is 0 Å². The van der Waals surface area contributed by atoms with Gasteiger partial charge in [-0.2, -0.15) is 0 Å². The molecule has 5 nitrogen and oxygen atoms in total. The number of rotatable bonds is 7. The number of aryl methyl sites for hydroxylation is 1. The van der Waals surface area contributed by atoms with Crippen LogP contribution in [0.4, 0.5) is 4.39 Å². The quantitative estimate of drug-likeness (QED) is 0.441. The summed E-state index contributed by atoms with van der Waals surface area (Å²) in [4.78, 5) is 16.8. The highest BCUT2D eigenvalue weighted by molar-refractivity contribution is 6.00. The molecule has 1 aromatic heterocycles. The molecule has 0 fully saturated rings. The minimum absolute atomic E-state index is 0.00359. The third kappa shape index (κ3) is 4.80. The summed E-state index contributed by atoms with van der Waals surface area (Å²) in [5, 5.41) is 4.86. The van der Waals surface area contributed by atoms with E-state index < -0.39 is 0 Å². The number of carbonyl (C=O) groups excluding carboxylic acids is 1. The van der Waals surface area contributed by atoms with E-state index in [1.54, 1.807) is 24.7 Å². The van der Waals surface area contributed by atoms with Gasteiger partial charge in [-0.05, 0) is 66.6 Å². The number of ether oxygens (including phenoxy) is 1. The molecular weight excluding hydrogens is 405 g/mol. The van der Waals surface area contributed by atoms with Crippen molar-refractivity contribution in [1.82, 2.24) is 14.9 Å². The molecular formula is C26H26FN3O2. The molecule has 0 atom stereocenters. The Balaban J connectivity index is 1.61. The number of carbonyl (C=O) groups is 1. The van der Waals surface area contributed by atoms with Crippen LogP contribution in [0, 0.1) is 5.82 Å². The van der Waals surface area contributed by atoms with Crippen molar-refractivity contribution >= 4 is 16.7 Å². The SMILES string of the molecule is CC(C)Oc1cc2ccc(C(=O)NCCc3cncn3C)cc2cc1-c1ccc(F)cc1. The topological polar surface area (TPSA) is 56.1 Å². The van der Waals surface area contributed by atoms with Crippen LogP contribution in [-0.2, 0) is 13.5 Å². The minimum Gasteiger partial charge on any atom is -0.490 e.